The maximum absolute atomic E-state index is 13.5. The summed E-state index contributed by atoms with van der Waals surface area (Å²) in [5.41, 5.74) is 0.316. The zero-order chi connectivity index (χ0) is 22.1. The number of benzene rings is 2. The molecular weight excluding hydrogens is 397 g/mol. The SMILES string of the molecule is COC(=O)c1cc(NC(=O)COC(=O)/C=C/c2ccccc2F)cc(C(=O)OC)c1. The van der Waals surface area contributed by atoms with Gasteiger partial charge >= 0.3 is 17.9 Å². The van der Waals surface area contributed by atoms with E-state index in [4.69, 9.17) is 4.74 Å². The lowest BCUT2D eigenvalue weighted by Crippen LogP contribution is -2.20. The molecule has 8 nitrogen and oxygen atoms in total. The Hall–Kier alpha value is -4.01. The molecule has 2 rings (SSSR count). The van der Waals surface area contributed by atoms with Gasteiger partial charge in [0.15, 0.2) is 6.61 Å². The maximum atomic E-state index is 13.5. The number of amides is 1. The fraction of sp³-hybridized carbons (Fsp3) is 0.143. The lowest BCUT2D eigenvalue weighted by atomic mass is 10.1. The van der Waals surface area contributed by atoms with Crippen LogP contribution in [0, 0.1) is 5.82 Å². The number of esters is 3. The van der Waals surface area contributed by atoms with Gasteiger partial charge in [0.05, 0.1) is 25.3 Å². The summed E-state index contributed by atoms with van der Waals surface area (Å²) in [6, 6.07) is 9.65. The number of hydrogen-bond donors (Lipinski definition) is 1. The van der Waals surface area contributed by atoms with Crippen LogP contribution in [0.15, 0.2) is 48.5 Å². The van der Waals surface area contributed by atoms with Gasteiger partial charge in [-0.2, -0.15) is 0 Å². The first-order valence-corrected chi connectivity index (χ1v) is 8.55. The van der Waals surface area contributed by atoms with Gasteiger partial charge in [-0.15, -0.1) is 0 Å². The minimum absolute atomic E-state index is 0.0144. The summed E-state index contributed by atoms with van der Waals surface area (Å²) in [6.45, 7) is -0.642. The third-order valence-electron chi connectivity index (χ3n) is 3.71. The van der Waals surface area contributed by atoms with Crippen LogP contribution in [0.25, 0.3) is 6.08 Å². The van der Waals surface area contributed by atoms with E-state index in [9.17, 15) is 23.6 Å². The first kappa shape index (κ1) is 22.3. The van der Waals surface area contributed by atoms with Crippen molar-refractivity contribution < 1.29 is 37.8 Å². The number of carbonyl (C=O) groups is 4. The summed E-state index contributed by atoms with van der Waals surface area (Å²) in [5, 5.41) is 2.40. The molecule has 0 aliphatic carbocycles. The average Bonchev–Trinajstić information content (AvgIpc) is 2.75. The van der Waals surface area contributed by atoms with Crippen LogP contribution in [0.4, 0.5) is 10.1 Å². The summed E-state index contributed by atoms with van der Waals surface area (Å²) >= 11 is 0. The largest absolute Gasteiger partial charge is 0.465 e. The van der Waals surface area contributed by atoms with Gasteiger partial charge in [0.1, 0.15) is 5.82 Å². The van der Waals surface area contributed by atoms with Gasteiger partial charge in [-0.25, -0.2) is 18.8 Å². The molecule has 2 aromatic carbocycles. The molecule has 0 radical (unpaired) electrons. The monoisotopic (exact) mass is 415 g/mol. The lowest BCUT2D eigenvalue weighted by Gasteiger charge is -2.09. The van der Waals surface area contributed by atoms with E-state index in [0.29, 0.717) is 0 Å². The minimum atomic E-state index is -0.855. The smallest absolute Gasteiger partial charge is 0.337 e. The second-order valence-electron chi connectivity index (χ2n) is 5.79. The fourth-order valence-electron chi connectivity index (χ4n) is 2.32. The summed E-state index contributed by atoms with van der Waals surface area (Å²) in [6.07, 6.45) is 2.21. The predicted molar refractivity (Wildman–Crippen MR) is 104 cm³/mol. The van der Waals surface area contributed by atoms with Crippen LogP contribution >= 0.6 is 0 Å². The molecule has 0 aliphatic heterocycles. The summed E-state index contributed by atoms with van der Waals surface area (Å²) < 4.78 is 27.5. The fourth-order valence-corrected chi connectivity index (χ4v) is 2.32. The predicted octanol–water partition coefficient (Wildman–Crippen LogP) is 2.59. The normalized spacial score (nSPS) is 10.4. The molecule has 0 aliphatic rings. The van der Waals surface area contributed by atoms with Gasteiger partial charge < -0.3 is 19.5 Å². The van der Waals surface area contributed by atoms with Crippen molar-refractivity contribution in [1.29, 1.82) is 0 Å². The third kappa shape index (κ3) is 6.26. The highest BCUT2D eigenvalue weighted by molar-refractivity contribution is 6.00. The van der Waals surface area contributed by atoms with E-state index < -0.39 is 36.2 Å². The van der Waals surface area contributed by atoms with Crippen molar-refractivity contribution in [3.8, 4) is 0 Å². The molecule has 0 atom stereocenters. The first-order valence-electron chi connectivity index (χ1n) is 8.55. The van der Waals surface area contributed by atoms with Crippen molar-refractivity contribution in [2.24, 2.45) is 0 Å². The Morgan fingerprint density at radius 1 is 0.967 bits per heavy atom. The van der Waals surface area contributed by atoms with E-state index in [2.05, 4.69) is 14.8 Å². The van der Waals surface area contributed by atoms with Crippen LogP contribution in [0.5, 0.6) is 0 Å². The summed E-state index contributed by atoms with van der Waals surface area (Å²) in [5.74, 6) is -3.53. The molecular formula is C21H18FNO7. The van der Waals surface area contributed by atoms with E-state index >= 15 is 0 Å². The molecule has 30 heavy (non-hydrogen) atoms. The number of nitrogens with one attached hydrogen (secondary N) is 1. The van der Waals surface area contributed by atoms with E-state index in [1.165, 1.54) is 56.7 Å². The van der Waals surface area contributed by atoms with Gasteiger partial charge in [0, 0.05) is 17.3 Å². The molecule has 0 aromatic heterocycles. The van der Waals surface area contributed by atoms with Crippen molar-refractivity contribution in [2.75, 3.05) is 26.1 Å². The molecule has 0 heterocycles. The average molecular weight is 415 g/mol. The van der Waals surface area contributed by atoms with Gasteiger partial charge in [-0.1, -0.05) is 18.2 Å². The van der Waals surface area contributed by atoms with E-state index in [-0.39, 0.29) is 22.4 Å². The topological polar surface area (TPSA) is 108 Å². The second kappa shape index (κ2) is 10.5. The number of rotatable bonds is 7. The molecule has 0 unspecified atom stereocenters. The zero-order valence-electron chi connectivity index (χ0n) is 16.1. The molecule has 156 valence electrons. The molecule has 0 saturated heterocycles. The van der Waals surface area contributed by atoms with Crippen LogP contribution < -0.4 is 5.32 Å². The van der Waals surface area contributed by atoms with Gasteiger partial charge in [0.25, 0.3) is 5.91 Å². The van der Waals surface area contributed by atoms with Crippen molar-refractivity contribution in [3.63, 3.8) is 0 Å². The molecule has 9 heteroatoms. The number of ether oxygens (including phenoxy) is 3. The Balaban J connectivity index is 2.01. The quantitative estimate of drug-likeness (QED) is 0.421. The molecule has 0 fully saturated rings. The van der Waals surface area contributed by atoms with E-state index in [1.54, 1.807) is 6.07 Å². The maximum Gasteiger partial charge on any atom is 0.337 e. The minimum Gasteiger partial charge on any atom is -0.465 e. The van der Waals surface area contributed by atoms with Crippen molar-refractivity contribution >= 4 is 35.6 Å². The Labute approximate surface area is 171 Å². The summed E-state index contributed by atoms with van der Waals surface area (Å²) in [7, 11) is 2.33. The van der Waals surface area contributed by atoms with Crippen LogP contribution in [-0.4, -0.2) is 44.6 Å². The number of anilines is 1. The van der Waals surface area contributed by atoms with Crippen molar-refractivity contribution in [1.82, 2.24) is 0 Å². The highest BCUT2D eigenvalue weighted by Gasteiger charge is 2.15. The Bertz CT molecular complexity index is 966. The van der Waals surface area contributed by atoms with Crippen LogP contribution in [-0.2, 0) is 23.8 Å². The van der Waals surface area contributed by atoms with Gasteiger partial charge in [-0.3, -0.25) is 4.79 Å². The van der Waals surface area contributed by atoms with Crippen LogP contribution in [0.3, 0.4) is 0 Å². The zero-order valence-corrected chi connectivity index (χ0v) is 16.1. The van der Waals surface area contributed by atoms with Crippen LogP contribution in [0.1, 0.15) is 26.3 Å². The number of carbonyl (C=O) groups excluding carboxylic acids is 4. The third-order valence-corrected chi connectivity index (χ3v) is 3.71. The standard InChI is InChI=1S/C21H18FNO7/c1-28-20(26)14-9-15(21(27)29-2)11-16(10-14)23-18(24)12-30-19(25)8-7-13-5-3-4-6-17(13)22/h3-11H,12H2,1-2H3,(H,23,24)/b8-7+. The lowest BCUT2D eigenvalue weighted by molar-refractivity contribution is -0.142. The Kier molecular flexibility index (Phi) is 7.81. The highest BCUT2D eigenvalue weighted by Crippen LogP contribution is 2.17. The second-order valence-corrected chi connectivity index (χ2v) is 5.79. The molecule has 1 N–H and O–H groups in total. The Morgan fingerprint density at radius 2 is 1.57 bits per heavy atom. The first-order chi connectivity index (χ1) is 14.3. The summed E-state index contributed by atoms with van der Waals surface area (Å²) in [4.78, 5) is 47.3. The van der Waals surface area contributed by atoms with Crippen molar-refractivity contribution in [2.45, 2.75) is 0 Å². The molecule has 0 saturated carbocycles. The molecule has 1 amide bonds. The number of halogens is 1. The molecule has 0 bridgehead atoms. The number of methoxy groups -OCH3 is 2. The van der Waals surface area contributed by atoms with Gasteiger partial charge in [-0.05, 0) is 30.3 Å². The van der Waals surface area contributed by atoms with Gasteiger partial charge in [0.2, 0.25) is 0 Å². The van der Waals surface area contributed by atoms with Crippen LogP contribution in [0.2, 0.25) is 0 Å². The molecule has 2 aromatic rings. The molecule has 0 spiro atoms. The Morgan fingerprint density at radius 3 is 2.13 bits per heavy atom. The number of hydrogen-bond acceptors (Lipinski definition) is 7. The van der Waals surface area contributed by atoms with Crippen molar-refractivity contribution in [3.05, 3.63) is 71.0 Å². The van der Waals surface area contributed by atoms with E-state index in [1.807, 2.05) is 0 Å². The van der Waals surface area contributed by atoms with E-state index in [0.717, 1.165) is 6.08 Å². The highest BCUT2D eigenvalue weighted by atomic mass is 19.1.